The number of nitrogens with one attached hydrogen (secondary N) is 1. The highest BCUT2D eigenvalue weighted by molar-refractivity contribution is 6.36. The Morgan fingerprint density at radius 1 is 0.946 bits per heavy atom. The minimum atomic E-state index is -1.70. The highest BCUT2D eigenvalue weighted by Gasteiger charge is 2.70. The lowest BCUT2D eigenvalue weighted by Crippen LogP contribution is -2.53. The number of amides is 4. The molecule has 6 atom stereocenters. The third kappa shape index (κ3) is 5.51. The number of ether oxygens (including phenoxy) is 2. The molecular weight excluding hydrogens is 763 g/mol. The Kier molecular flexibility index (Phi) is 9.24. The number of aromatic hydroxyl groups is 1. The maximum atomic E-state index is 15.5. The highest BCUT2D eigenvalue weighted by Crippen LogP contribution is 2.65. The van der Waals surface area contributed by atoms with E-state index in [0.717, 1.165) is 9.91 Å². The van der Waals surface area contributed by atoms with Crippen molar-refractivity contribution in [1.29, 1.82) is 0 Å². The van der Waals surface area contributed by atoms with Gasteiger partial charge in [-0.05, 0) is 79.8 Å². The van der Waals surface area contributed by atoms with Gasteiger partial charge >= 0.3 is 0 Å². The van der Waals surface area contributed by atoms with Gasteiger partial charge in [0.25, 0.3) is 17.5 Å². The zero-order chi connectivity index (χ0) is 39.6. The van der Waals surface area contributed by atoms with Crippen LogP contribution in [0.2, 0.25) is 10.0 Å². The number of carbonyl (C=O) groups is 4. The molecule has 0 bridgehead atoms. The molecule has 4 aromatic carbocycles. The van der Waals surface area contributed by atoms with Crippen LogP contribution in [-0.2, 0) is 24.6 Å². The number of phenols is 1. The number of allylic oxidation sites excluding steroid dienone is 2. The maximum Gasteiger partial charge on any atom is 0.269 e. The smallest absolute Gasteiger partial charge is 0.269 e. The number of nitro benzene ring substituents is 1. The van der Waals surface area contributed by atoms with E-state index < -0.39 is 63.6 Å². The summed E-state index contributed by atoms with van der Waals surface area (Å²) >= 11 is 12.7. The number of rotatable bonds is 9. The van der Waals surface area contributed by atoms with Gasteiger partial charge in [-0.2, -0.15) is 5.01 Å². The molecule has 0 unspecified atom stereocenters. The number of halogens is 2. The van der Waals surface area contributed by atoms with Gasteiger partial charge in [0.2, 0.25) is 11.8 Å². The van der Waals surface area contributed by atoms with Crippen LogP contribution in [0.15, 0.2) is 96.6 Å². The average molecular weight is 798 g/mol. The number of non-ortho nitro benzene ring substituents is 1. The molecule has 2 aliphatic carbocycles. The predicted molar refractivity (Wildman–Crippen MR) is 205 cm³/mol. The molecule has 1 saturated carbocycles. The Bertz CT molecular complexity index is 2350. The molecule has 4 aliphatic rings. The van der Waals surface area contributed by atoms with Crippen molar-refractivity contribution < 1.29 is 38.7 Å². The summed E-state index contributed by atoms with van der Waals surface area (Å²) in [5, 5.41) is 24.8. The Hall–Kier alpha value is -5.92. The Morgan fingerprint density at radius 3 is 2.34 bits per heavy atom. The van der Waals surface area contributed by atoms with Gasteiger partial charge < -0.3 is 14.6 Å². The first-order chi connectivity index (χ1) is 26.9. The SMILES string of the molecule is CCOc1cccc([C@H]2C3=CC[C@@H]4C(=O)N(c5ccc([N+](=O)[O-])cc5)C(=O)[C@@H]4[C@@H]3C[C@H]3C(=O)N(Nc4ccc(Cl)cc4Cl)C(=O)[C@@]23c2ccc(OC)cc2)c1O. The number of carbonyl (C=O) groups excluding carboxylic acids is 4. The van der Waals surface area contributed by atoms with Crippen LogP contribution in [0.25, 0.3) is 0 Å². The minimum Gasteiger partial charge on any atom is -0.504 e. The molecule has 0 spiro atoms. The molecule has 13 nitrogen and oxygen atoms in total. The van der Waals surface area contributed by atoms with E-state index in [1.807, 2.05) is 6.08 Å². The van der Waals surface area contributed by atoms with Crippen LogP contribution in [0, 0.1) is 33.8 Å². The number of para-hydroxylation sites is 1. The summed E-state index contributed by atoms with van der Waals surface area (Å²) in [4.78, 5) is 70.9. The van der Waals surface area contributed by atoms with E-state index in [2.05, 4.69) is 5.43 Å². The van der Waals surface area contributed by atoms with Crippen LogP contribution < -0.4 is 19.8 Å². The molecule has 2 N–H and O–H groups in total. The number of hydrazine groups is 1. The van der Waals surface area contributed by atoms with E-state index in [1.54, 1.807) is 61.5 Å². The number of imide groups is 2. The molecule has 4 amide bonds. The second-order valence-corrected chi connectivity index (χ2v) is 15.0. The minimum absolute atomic E-state index is 0.00827. The molecule has 2 aliphatic heterocycles. The van der Waals surface area contributed by atoms with Gasteiger partial charge in [-0.15, -0.1) is 0 Å². The van der Waals surface area contributed by atoms with Gasteiger partial charge in [0.1, 0.15) is 5.75 Å². The summed E-state index contributed by atoms with van der Waals surface area (Å²) in [6, 6.07) is 21.6. The van der Waals surface area contributed by atoms with Gasteiger partial charge in [-0.25, -0.2) is 0 Å². The average Bonchev–Trinajstić information content (AvgIpc) is 3.57. The molecule has 8 rings (SSSR count). The third-order valence-corrected chi connectivity index (χ3v) is 12.1. The van der Waals surface area contributed by atoms with Crippen molar-refractivity contribution in [3.05, 3.63) is 128 Å². The number of nitro groups is 1. The molecule has 0 radical (unpaired) electrons. The first-order valence-corrected chi connectivity index (χ1v) is 18.7. The van der Waals surface area contributed by atoms with E-state index in [4.69, 9.17) is 32.7 Å². The van der Waals surface area contributed by atoms with Crippen molar-refractivity contribution in [3.8, 4) is 17.2 Å². The van der Waals surface area contributed by atoms with Gasteiger partial charge in [-0.1, -0.05) is 59.1 Å². The molecule has 4 aromatic rings. The van der Waals surface area contributed by atoms with E-state index in [-0.39, 0.29) is 53.0 Å². The molecule has 2 heterocycles. The lowest BCUT2D eigenvalue weighted by atomic mass is 9.49. The zero-order valence-corrected chi connectivity index (χ0v) is 31.5. The van der Waals surface area contributed by atoms with Gasteiger partial charge in [0.15, 0.2) is 11.5 Å². The van der Waals surface area contributed by atoms with Crippen molar-refractivity contribution >= 4 is 63.9 Å². The Labute approximate surface area is 330 Å². The molecule has 286 valence electrons. The second-order valence-electron chi connectivity index (χ2n) is 14.1. The van der Waals surface area contributed by atoms with E-state index >= 15 is 4.79 Å². The van der Waals surface area contributed by atoms with Crippen LogP contribution in [0.3, 0.4) is 0 Å². The number of anilines is 2. The van der Waals surface area contributed by atoms with Crippen LogP contribution in [-0.4, -0.2) is 52.4 Å². The second kappa shape index (κ2) is 14.0. The summed E-state index contributed by atoms with van der Waals surface area (Å²) in [6.07, 6.45) is 1.98. The first kappa shape index (κ1) is 37.0. The van der Waals surface area contributed by atoms with E-state index in [9.17, 15) is 29.6 Å². The number of benzene rings is 4. The molecule has 15 heteroatoms. The standard InChI is InChI=1S/C41H34Cl2N4O9/c1-3-56-33-6-4-5-28(36(33)48)35-26-16-17-27-34(39(51)45(37(27)49)23-10-12-24(13-11-23)47(53)54)29(26)20-30-38(50)46(44-32-18-9-22(42)19-31(32)43)40(52)41(30,35)21-7-14-25(55-2)15-8-21/h4-16,18-19,27,29-30,34-35,44,48H,3,17,20H2,1-2H3/t27-,29+,30-,34-,35+,41+/m0/s1. The molecule has 2 saturated heterocycles. The lowest BCUT2D eigenvalue weighted by molar-refractivity contribution is -0.384. The van der Waals surface area contributed by atoms with Crippen LogP contribution >= 0.6 is 23.2 Å². The number of phenolic OH excluding ortho intramolecular Hbond substituents is 1. The fourth-order valence-electron chi connectivity index (χ4n) is 9.21. The summed E-state index contributed by atoms with van der Waals surface area (Å²) in [7, 11) is 1.51. The molecule has 3 fully saturated rings. The van der Waals surface area contributed by atoms with E-state index in [0.29, 0.717) is 27.5 Å². The number of hydrogen-bond acceptors (Lipinski definition) is 10. The normalized spacial score (nSPS) is 25.4. The number of methoxy groups -OCH3 is 1. The maximum absolute atomic E-state index is 15.5. The quantitative estimate of drug-likeness (QED) is 0.0765. The van der Waals surface area contributed by atoms with Crippen molar-refractivity contribution in [2.75, 3.05) is 24.0 Å². The van der Waals surface area contributed by atoms with Crippen molar-refractivity contribution in [3.63, 3.8) is 0 Å². The van der Waals surface area contributed by atoms with Crippen LogP contribution in [0.1, 0.15) is 36.8 Å². The van der Waals surface area contributed by atoms with Crippen molar-refractivity contribution in [2.24, 2.45) is 23.7 Å². The highest BCUT2D eigenvalue weighted by atomic mass is 35.5. The van der Waals surface area contributed by atoms with Crippen LogP contribution in [0.4, 0.5) is 17.1 Å². The Morgan fingerprint density at radius 2 is 1.68 bits per heavy atom. The van der Waals surface area contributed by atoms with Crippen molar-refractivity contribution in [2.45, 2.75) is 31.1 Å². The number of fused-ring (bicyclic) bond motifs is 4. The summed E-state index contributed by atoms with van der Waals surface area (Å²) in [5.41, 5.74) is 2.85. The largest absolute Gasteiger partial charge is 0.504 e. The fourth-order valence-corrected chi connectivity index (χ4v) is 9.66. The molecular formula is C41H34Cl2N4O9. The van der Waals surface area contributed by atoms with Gasteiger partial charge in [0.05, 0.1) is 58.2 Å². The summed E-state index contributed by atoms with van der Waals surface area (Å²) < 4.78 is 11.3. The predicted octanol–water partition coefficient (Wildman–Crippen LogP) is 7.20. The first-order valence-electron chi connectivity index (χ1n) is 17.9. The number of hydrogen-bond donors (Lipinski definition) is 2. The zero-order valence-electron chi connectivity index (χ0n) is 30.0. The fraction of sp³-hybridized carbons (Fsp3) is 0.268. The Balaban J connectivity index is 1.33. The third-order valence-electron chi connectivity index (χ3n) is 11.5. The summed E-state index contributed by atoms with van der Waals surface area (Å²) in [5.74, 6) is -6.43. The monoisotopic (exact) mass is 796 g/mol. The molecule has 0 aromatic heterocycles. The molecule has 56 heavy (non-hydrogen) atoms. The van der Waals surface area contributed by atoms with Crippen molar-refractivity contribution in [1.82, 2.24) is 5.01 Å². The topological polar surface area (TPSA) is 169 Å². The summed E-state index contributed by atoms with van der Waals surface area (Å²) in [6.45, 7) is 2.00. The van der Waals surface area contributed by atoms with Crippen LogP contribution in [0.5, 0.6) is 17.2 Å². The number of nitrogens with zero attached hydrogens (tertiary/aromatic N) is 3. The van der Waals surface area contributed by atoms with E-state index in [1.165, 1.54) is 37.4 Å². The van der Waals surface area contributed by atoms with Gasteiger partial charge in [-0.3, -0.25) is 39.6 Å². The van der Waals surface area contributed by atoms with Gasteiger partial charge in [0, 0.05) is 28.6 Å². The lowest BCUT2D eigenvalue weighted by Gasteiger charge is -2.50.